The summed E-state index contributed by atoms with van der Waals surface area (Å²) in [7, 11) is 1.60. The Morgan fingerprint density at radius 3 is 2.44 bits per heavy atom. The second-order valence-electron chi connectivity index (χ2n) is 5.53. The van der Waals surface area contributed by atoms with Gasteiger partial charge >= 0.3 is 0 Å². The van der Waals surface area contributed by atoms with Crippen molar-refractivity contribution in [3.05, 3.63) is 34.1 Å². The lowest BCUT2D eigenvalue weighted by Gasteiger charge is -2.33. The lowest BCUT2D eigenvalue weighted by Crippen LogP contribution is -2.40. The number of hydrogen-bond donors (Lipinski definition) is 1. The molecule has 102 valence electrons. The van der Waals surface area contributed by atoms with Gasteiger partial charge in [0.25, 0.3) is 0 Å². The third kappa shape index (κ3) is 4.04. The Labute approximate surface area is 116 Å². The average Bonchev–Trinajstić information content (AvgIpc) is 2.21. The van der Waals surface area contributed by atoms with E-state index in [-0.39, 0.29) is 17.3 Å². The van der Waals surface area contributed by atoms with E-state index in [1.165, 1.54) is 12.1 Å². The molecule has 2 atom stereocenters. The van der Waals surface area contributed by atoms with Crippen molar-refractivity contribution >= 4 is 15.9 Å². The van der Waals surface area contributed by atoms with Crippen LogP contribution in [0.15, 0.2) is 22.7 Å². The highest BCUT2D eigenvalue weighted by atomic mass is 79.9. The zero-order chi connectivity index (χ0) is 13.9. The molecule has 0 bridgehead atoms. The van der Waals surface area contributed by atoms with Crippen LogP contribution in [0.25, 0.3) is 0 Å². The molecule has 0 aliphatic carbocycles. The van der Waals surface area contributed by atoms with E-state index in [1.807, 2.05) is 20.8 Å². The summed E-state index contributed by atoms with van der Waals surface area (Å²) in [6, 6.07) is 4.48. The van der Waals surface area contributed by atoms with E-state index in [4.69, 9.17) is 4.74 Å². The van der Waals surface area contributed by atoms with Gasteiger partial charge in [-0.3, -0.25) is 0 Å². The Morgan fingerprint density at radius 1 is 1.39 bits per heavy atom. The molecule has 2 nitrogen and oxygen atoms in total. The van der Waals surface area contributed by atoms with Gasteiger partial charge in [0.2, 0.25) is 0 Å². The molecule has 1 aromatic rings. The highest BCUT2D eigenvalue weighted by molar-refractivity contribution is 9.10. The maximum absolute atomic E-state index is 13.0. The predicted molar refractivity (Wildman–Crippen MR) is 74.1 cm³/mol. The number of hydrogen-bond acceptors (Lipinski definition) is 2. The lowest BCUT2D eigenvalue weighted by atomic mass is 9.84. The average molecular weight is 319 g/mol. The Morgan fingerprint density at radius 2 is 2.00 bits per heavy atom. The molecule has 1 aromatic carbocycles. The van der Waals surface area contributed by atoms with Gasteiger partial charge in [0.15, 0.2) is 0 Å². The molecular weight excluding hydrogens is 299 g/mol. The molecule has 0 radical (unpaired) electrons. The standard InChI is InChI=1S/C14H20BrFO2/c1-14(2,3)13(18-4)12(17)7-9-5-6-10(16)8-11(9)15/h5-6,8,12-13,17H,7H2,1-4H3. The molecule has 0 amide bonds. The molecule has 18 heavy (non-hydrogen) atoms. The van der Waals surface area contributed by atoms with Gasteiger partial charge in [-0.15, -0.1) is 0 Å². The number of benzene rings is 1. The van der Waals surface area contributed by atoms with Crippen LogP contribution in [0.2, 0.25) is 0 Å². The molecule has 4 heteroatoms. The summed E-state index contributed by atoms with van der Waals surface area (Å²) >= 11 is 3.31. The van der Waals surface area contributed by atoms with E-state index in [9.17, 15) is 9.50 Å². The van der Waals surface area contributed by atoms with Crippen LogP contribution < -0.4 is 0 Å². The maximum atomic E-state index is 13.0. The van der Waals surface area contributed by atoms with Gasteiger partial charge in [-0.05, 0) is 23.1 Å². The monoisotopic (exact) mass is 318 g/mol. The van der Waals surface area contributed by atoms with Gasteiger partial charge < -0.3 is 9.84 Å². The first-order valence-corrected chi connectivity index (χ1v) is 6.69. The SMILES string of the molecule is COC(C(O)Cc1ccc(F)cc1Br)C(C)(C)C. The smallest absolute Gasteiger partial charge is 0.124 e. The van der Waals surface area contributed by atoms with Crippen molar-refractivity contribution in [1.29, 1.82) is 0 Å². The third-order valence-corrected chi connectivity index (χ3v) is 3.64. The van der Waals surface area contributed by atoms with E-state index in [1.54, 1.807) is 13.2 Å². The number of halogens is 2. The van der Waals surface area contributed by atoms with Crippen molar-refractivity contribution in [1.82, 2.24) is 0 Å². The number of ether oxygens (including phenoxy) is 1. The van der Waals surface area contributed by atoms with Crippen molar-refractivity contribution in [2.24, 2.45) is 5.41 Å². The molecule has 0 aliphatic rings. The quantitative estimate of drug-likeness (QED) is 0.920. The van der Waals surface area contributed by atoms with Gasteiger partial charge in [-0.2, -0.15) is 0 Å². The molecule has 2 unspecified atom stereocenters. The summed E-state index contributed by atoms with van der Waals surface area (Å²) in [4.78, 5) is 0. The summed E-state index contributed by atoms with van der Waals surface area (Å²) in [6.07, 6.45) is -0.470. The van der Waals surface area contributed by atoms with E-state index < -0.39 is 6.10 Å². The minimum Gasteiger partial charge on any atom is -0.390 e. The van der Waals surface area contributed by atoms with Crippen molar-refractivity contribution in [3.8, 4) is 0 Å². The topological polar surface area (TPSA) is 29.5 Å². The summed E-state index contributed by atoms with van der Waals surface area (Å²) in [5.74, 6) is -0.292. The van der Waals surface area contributed by atoms with Crippen molar-refractivity contribution < 1.29 is 14.2 Å². The van der Waals surface area contributed by atoms with Gasteiger partial charge in [-0.25, -0.2) is 4.39 Å². The van der Waals surface area contributed by atoms with E-state index in [0.29, 0.717) is 10.9 Å². The number of methoxy groups -OCH3 is 1. The second kappa shape index (κ2) is 6.13. The van der Waals surface area contributed by atoms with Gasteiger partial charge in [0.1, 0.15) is 5.82 Å². The van der Waals surface area contributed by atoms with E-state index in [0.717, 1.165) is 5.56 Å². The van der Waals surface area contributed by atoms with Gasteiger partial charge in [-0.1, -0.05) is 42.8 Å². The van der Waals surface area contributed by atoms with Crippen molar-refractivity contribution in [2.75, 3.05) is 7.11 Å². The van der Waals surface area contributed by atoms with Crippen molar-refractivity contribution in [2.45, 2.75) is 39.4 Å². The van der Waals surface area contributed by atoms with E-state index in [2.05, 4.69) is 15.9 Å². The van der Waals surface area contributed by atoms with Gasteiger partial charge in [0, 0.05) is 18.0 Å². The molecule has 1 N–H and O–H groups in total. The summed E-state index contributed by atoms with van der Waals surface area (Å²) in [5.41, 5.74) is 0.718. The first kappa shape index (κ1) is 15.6. The molecule has 0 aromatic heterocycles. The van der Waals surface area contributed by atoms with Crippen molar-refractivity contribution in [3.63, 3.8) is 0 Å². The summed E-state index contributed by atoms with van der Waals surface area (Å²) in [6.45, 7) is 6.05. The fourth-order valence-electron chi connectivity index (χ4n) is 2.11. The number of aliphatic hydroxyl groups excluding tert-OH is 1. The fraction of sp³-hybridized carbons (Fsp3) is 0.571. The Balaban J connectivity index is 2.83. The number of rotatable bonds is 4. The minimum atomic E-state index is -0.628. The van der Waals surface area contributed by atoms with Crippen LogP contribution in [-0.4, -0.2) is 24.4 Å². The van der Waals surface area contributed by atoms with Crippen LogP contribution >= 0.6 is 15.9 Å². The van der Waals surface area contributed by atoms with Crippen LogP contribution in [-0.2, 0) is 11.2 Å². The molecule has 0 saturated heterocycles. The molecular formula is C14H20BrFO2. The van der Waals surface area contributed by atoms with Crippen LogP contribution in [0.3, 0.4) is 0 Å². The van der Waals surface area contributed by atoms with Gasteiger partial charge in [0.05, 0.1) is 12.2 Å². The Hall–Kier alpha value is -0.450. The molecule has 0 aliphatic heterocycles. The maximum Gasteiger partial charge on any atom is 0.124 e. The molecule has 0 heterocycles. The first-order chi connectivity index (χ1) is 8.25. The zero-order valence-corrected chi connectivity index (χ0v) is 12.8. The molecule has 0 fully saturated rings. The zero-order valence-electron chi connectivity index (χ0n) is 11.2. The van der Waals surface area contributed by atoms with Crippen LogP contribution in [0, 0.1) is 11.2 Å². The fourth-order valence-corrected chi connectivity index (χ4v) is 2.62. The third-order valence-electron chi connectivity index (χ3n) is 2.90. The highest BCUT2D eigenvalue weighted by Gasteiger charge is 2.31. The highest BCUT2D eigenvalue weighted by Crippen LogP contribution is 2.28. The van der Waals surface area contributed by atoms with Crippen LogP contribution in [0.5, 0.6) is 0 Å². The Kier molecular flexibility index (Phi) is 5.32. The molecule has 0 saturated carbocycles. The largest absolute Gasteiger partial charge is 0.390 e. The van der Waals surface area contributed by atoms with Crippen LogP contribution in [0.1, 0.15) is 26.3 Å². The minimum absolute atomic E-state index is 0.152. The predicted octanol–water partition coefficient (Wildman–Crippen LogP) is 3.55. The van der Waals surface area contributed by atoms with Crippen LogP contribution in [0.4, 0.5) is 4.39 Å². The lowest BCUT2D eigenvalue weighted by molar-refractivity contribution is -0.0699. The first-order valence-electron chi connectivity index (χ1n) is 5.90. The molecule has 0 spiro atoms. The Bertz CT molecular complexity index is 401. The summed E-state index contributed by atoms with van der Waals surface area (Å²) < 4.78 is 19.0. The normalized spacial score (nSPS) is 15.5. The molecule has 1 rings (SSSR count). The van der Waals surface area contributed by atoms with E-state index >= 15 is 0 Å². The second-order valence-corrected chi connectivity index (χ2v) is 6.38. The number of aliphatic hydroxyl groups is 1. The summed E-state index contributed by atoms with van der Waals surface area (Å²) in [5, 5.41) is 10.3.